The molecule has 9 heteroatoms. The molecule has 1 aliphatic heterocycles. The summed E-state index contributed by atoms with van der Waals surface area (Å²) in [6.07, 6.45) is -3.30. The molecule has 18 heavy (non-hydrogen) atoms. The van der Waals surface area contributed by atoms with Crippen molar-refractivity contribution < 1.29 is 20.1 Å². The van der Waals surface area contributed by atoms with Crippen molar-refractivity contribution >= 4 is 5.82 Å². The number of aromatic nitrogens is 2. The summed E-state index contributed by atoms with van der Waals surface area (Å²) in [5.41, 5.74) is 1.51. The van der Waals surface area contributed by atoms with E-state index in [0.29, 0.717) is 0 Å². The van der Waals surface area contributed by atoms with Gasteiger partial charge in [-0.1, -0.05) is 0 Å². The normalized spacial score (nSPS) is 31.6. The molecule has 0 aliphatic carbocycles. The van der Waals surface area contributed by atoms with Crippen molar-refractivity contribution in [3.05, 3.63) is 22.7 Å². The van der Waals surface area contributed by atoms with Crippen LogP contribution in [0.15, 0.2) is 17.1 Å². The van der Waals surface area contributed by atoms with Crippen LogP contribution in [-0.2, 0) is 4.74 Å². The molecule has 2 rings (SSSR count). The number of nitrogens with two attached hydrogens (primary N) is 1. The molecule has 100 valence electrons. The van der Waals surface area contributed by atoms with Gasteiger partial charge >= 0.3 is 5.69 Å². The lowest BCUT2D eigenvalue weighted by molar-refractivity contribution is -0.0549. The first-order valence-electron chi connectivity index (χ1n) is 5.26. The first-order valence-corrected chi connectivity index (χ1v) is 5.26. The number of hydrogen-bond acceptors (Lipinski definition) is 8. The van der Waals surface area contributed by atoms with Crippen molar-refractivity contribution in [1.29, 1.82) is 0 Å². The number of hydrogen-bond donors (Lipinski definition) is 5. The van der Waals surface area contributed by atoms with E-state index in [1.807, 2.05) is 0 Å². The van der Waals surface area contributed by atoms with Gasteiger partial charge in [0.2, 0.25) is 0 Å². The second kappa shape index (κ2) is 5.00. The van der Waals surface area contributed by atoms with Gasteiger partial charge in [0.15, 0.2) is 6.23 Å². The first kappa shape index (κ1) is 12.9. The van der Waals surface area contributed by atoms with Gasteiger partial charge in [0.1, 0.15) is 24.1 Å². The minimum absolute atomic E-state index is 0.169. The summed E-state index contributed by atoms with van der Waals surface area (Å²) < 4.78 is 6.22. The lowest BCUT2D eigenvalue weighted by Gasteiger charge is -2.17. The van der Waals surface area contributed by atoms with Gasteiger partial charge in [0.25, 0.3) is 0 Å². The van der Waals surface area contributed by atoms with Crippen LogP contribution in [0.25, 0.3) is 0 Å². The second-order valence-electron chi connectivity index (χ2n) is 3.88. The summed E-state index contributed by atoms with van der Waals surface area (Å²) in [5, 5.41) is 28.3. The Hall–Kier alpha value is -1.52. The van der Waals surface area contributed by atoms with Crippen molar-refractivity contribution in [1.82, 2.24) is 9.55 Å². The van der Waals surface area contributed by atoms with E-state index in [2.05, 4.69) is 10.4 Å². The van der Waals surface area contributed by atoms with Crippen LogP contribution in [0, 0.1) is 0 Å². The van der Waals surface area contributed by atoms with Gasteiger partial charge in [-0.15, -0.1) is 0 Å². The third kappa shape index (κ3) is 2.09. The van der Waals surface area contributed by atoms with Crippen molar-refractivity contribution in [2.45, 2.75) is 24.5 Å². The highest BCUT2D eigenvalue weighted by molar-refractivity contribution is 5.29. The van der Waals surface area contributed by atoms with Gasteiger partial charge in [-0.2, -0.15) is 4.98 Å². The second-order valence-corrected chi connectivity index (χ2v) is 3.88. The van der Waals surface area contributed by atoms with E-state index in [4.69, 9.17) is 15.7 Å². The van der Waals surface area contributed by atoms with E-state index in [0.717, 1.165) is 4.57 Å². The Kier molecular flexibility index (Phi) is 3.59. The Morgan fingerprint density at radius 1 is 1.50 bits per heavy atom. The third-order valence-corrected chi connectivity index (χ3v) is 2.77. The lowest BCUT2D eigenvalue weighted by atomic mass is 10.1. The predicted molar refractivity (Wildman–Crippen MR) is 59.3 cm³/mol. The predicted octanol–water partition coefficient (Wildman–Crippen LogP) is -2.86. The number of anilines is 1. The number of aliphatic hydroxyl groups is 3. The van der Waals surface area contributed by atoms with E-state index in [1.165, 1.54) is 12.3 Å². The van der Waals surface area contributed by atoms with E-state index in [9.17, 15) is 15.0 Å². The number of ether oxygens (including phenoxy) is 1. The van der Waals surface area contributed by atoms with Crippen LogP contribution in [-0.4, -0.2) is 49.8 Å². The highest BCUT2D eigenvalue weighted by Gasteiger charge is 2.43. The minimum atomic E-state index is -1.32. The average molecular weight is 258 g/mol. The maximum atomic E-state index is 11.7. The molecule has 2 heterocycles. The van der Waals surface area contributed by atoms with Crippen LogP contribution < -0.4 is 17.0 Å². The van der Waals surface area contributed by atoms with Gasteiger partial charge in [0, 0.05) is 6.20 Å². The molecule has 1 saturated heterocycles. The fourth-order valence-electron chi connectivity index (χ4n) is 1.80. The molecule has 0 amide bonds. The van der Waals surface area contributed by atoms with Crippen LogP contribution in [0.4, 0.5) is 5.82 Å². The first-order chi connectivity index (χ1) is 8.58. The van der Waals surface area contributed by atoms with Gasteiger partial charge in [-0.25, -0.2) is 10.6 Å². The Labute approximate surface area is 101 Å². The van der Waals surface area contributed by atoms with Crippen LogP contribution in [0.2, 0.25) is 0 Å². The molecule has 9 nitrogen and oxygen atoms in total. The molecule has 0 radical (unpaired) electrons. The molecule has 0 aromatic carbocycles. The summed E-state index contributed by atoms with van der Waals surface area (Å²) >= 11 is 0. The Morgan fingerprint density at radius 3 is 2.72 bits per heavy atom. The maximum absolute atomic E-state index is 11.7. The minimum Gasteiger partial charge on any atom is -0.394 e. The monoisotopic (exact) mass is 258 g/mol. The van der Waals surface area contributed by atoms with Crippen molar-refractivity contribution in [3.8, 4) is 0 Å². The molecule has 1 aromatic heterocycles. The van der Waals surface area contributed by atoms with E-state index in [-0.39, 0.29) is 5.82 Å². The molecular weight excluding hydrogens is 244 g/mol. The largest absolute Gasteiger partial charge is 0.394 e. The average Bonchev–Trinajstić information content (AvgIpc) is 2.66. The number of rotatable bonds is 3. The molecule has 6 N–H and O–H groups in total. The molecule has 0 saturated carbocycles. The number of nitrogen functional groups attached to an aromatic ring is 1. The standard InChI is InChI=1S/C9H14N4O5/c10-12-5-1-2-13(9(17)11-5)8-7(16)6(15)4(3-14)18-8/h1-2,4,6-8,14-16H,3,10H2,(H,11,12,17). The highest BCUT2D eigenvalue weighted by Crippen LogP contribution is 2.27. The molecule has 1 aromatic rings. The fourth-order valence-corrected chi connectivity index (χ4v) is 1.80. The summed E-state index contributed by atoms with van der Waals surface area (Å²) in [5.74, 6) is 5.27. The smallest absolute Gasteiger partial charge is 0.351 e. The molecule has 1 fully saturated rings. The van der Waals surface area contributed by atoms with E-state index >= 15 is 0 Å². The van der Waals surface area contributed by atoms with Gasteiger partial charge in [0.05, 0.1) is 6.61 Å². The van der Waals surface area contributed by atoms with Crippen LogP contribution in [0.5, 0.6) is 0 Å². The number of nitrogens with one attached hydrogen (secondary N) is 1. The molecule has 0 bridgehead atoms. The van der Waals surface area contributed by atoms with Gasteiger partial charge in [-0.3, -0.25) is 4.57 Å². The maximum Gasteiger partial charge on any atom is 0.351 e. The van der Waals surface area contributed by atoms with Crippen molar-refractivity contribution in [2.75, 3.05) is 12.0 Å². The fraction of sp³-hybridized carbons (Fsp3) is 0.556. The van der Waals surface area contributed by atoms with Crippen LogP contribution in [0.3, 0.4) is 0 Å². The zero-order valence-corrected chi connectivity index (χ0v) is 9.30. The van der Waals surface area contributed by atoms with Gasteiger partial charge < -0.3 is 25.5 Å². The summed E-state index contributed by atoms with van der Waals surface area (Å²) in [4.78, 5) is 15.2. The van der Waals surface area contributed by atoms with E-state index < -0.39 is 36.8 Å². The number of nitrogens with zero attached hydrogens (tertiary/aromatic N) is 2. The van der Waals surface area contributed by atoms with Crippen molar-refractivity contribution in [3.63, 3.8) is 0 Å². The third-order valence-electron chi connectivity index (χ3n) is 2.77. The number of hydrazine groups is 1. The SMILES string of the molecule is NNc1ccn(C2OC(CO)C(O)C2O)c(=O)n1. The Balaban J connectivity index is 2.30. The van der Waals surface area contributed by atoms with Gasteiger partial charge in [-0.05, 0) is 6.07 Å². The molecule has 4 unspecified atom stereocenters. The summed E-state index contributed by atoms with van der Waals surface area (Å²) in [7, 11) is 0. The summed E-state index contributed by atoms with van der Waals surface area (Å²) in [6.45, 7) is -0.459. The van der Waals surface area contributed by atoms with Crippen molar-refractivity contribution in [2.24, 2.45) is 5.84 Å². The summed E-state index contributed by atoms with van der Waals surface area (Å²) in [6, 6.07) is 1.41. The molecule has 0 spiro atoms. The lowest BCUT2D eigenvalue weighted by Crippen LogP contribution is -2.36. The topological polar surface area (TPSA) is 143 Å². The zero-order valence-electron chi connectivity index (χ0n) is 9.30. The quantitative estimate of drug-likeness (QED) is 0.288. The molecular formula is C9H14N4O5. The Bertz CT molecular complexity index is 478. The highest BCUT2D eigenvalue weighted by atomic mass is 16.6. The van der Waals surface area contributed by atoms with Crippen LogP contribution in [0.1, 0.15) is 6.23 Å². The zero-order chi connectivity index (χ0) is 13.3. The molecule has 1 aliphatic rings. The molecule has 4 atom stereocenters. The Morgan fingerprint density at radius 2 is 2.22 bits per heavy atom. The number of aliphatic hydroxyl groups excluding tert-OH is 3. The van der Waals surface area contributed by atoms with E-state index in [1.54, 1.807) is 0 Å². The van der Waals surface area contributed by atoms with Crippen LogP contribution >= 0.6 is 0 Å².